The van der Waals surface area contributed by atoms with Gasteiger partial charge < -0.3 is 10.6 Å². The topological polar surface area (TPSA) is 123 Å². The molecule has 3 atom stereocenters. The molecule has 5 rings (SSSR count). The molecule has 3 N–H and O–H groups in total. The first-order valence-corrected chi connectivity index (χ1v) is 12.4. The second-order valence-electron chi connectivity index (χ2n) is 8.19. The Hall–Kier alpha value is -2.96. The van der Waals surface area contributed by atoms with Gasteiger partial charge in [-0.15, -0.1) is 11.3 Å². The molecule has 12 heteroatoms. The van der Waals surface area contributed by atoms with Crippen LogP contribution in [-0.4, -0.2) is 42.9 Å². The summed E-state index contributed by atoms with van der Waals surface area (Å²) in [5, 5.41) is 16.4. The van der Waals surface area contributed by atoms with Crippen LogP contribution in [0.2, 0.25) is 0 Å². The highest BCUT2D eigenvalue weighted by Crippen LogP contribution is 2.33. The average molecular weight is 486 g/mol. The highest BCUT2D eigenvalue weighted by molar-refractivity contribution is 7.99. The Morgan fingerprint density at radius 3 is 2.97 bits per heavy atom. The number of nitrogens with one attached hydrogen (secondary N) is 3. The van der Waals surface area contributed by atoms with Crippen LogP contribution >= 0.6 is 23.1 Å². The number of amides is 2. The third-order valence-electron chi connectivity index (χ3n) is 5.57. The van der Waals surface area contributed by atoms with Crippen molar-refractivity contribution in [2.24, 2.45) is 0 Å². The van der Waals surface area contributed by atoms with Gasteiger partial charge in [-0.25, -0.2) is 9.67 Å². The summed E-state index contributed by atoms with van der Waals surface area (Å²) in [6.45, 7) is 3.65. The van der Waals surface area contributed by atoms with E-state index in [1.807, 2.05) is 24.4 Å². The molecular weight excluding hydrogens is 462 g/mol. The maximum Gasteiger partial charge on any atom is 0.257 e. The number of thioether (sulfide) groups is 1. The Bertz CT molecular complexity index is 1270. The van der Waals surface area contributed by atoms with Gasteiger partial charge in [0.15, 0.2) is 11.4 Å². The van der Waals surface area contributed by atoms with Crippen LogP contribution in [0.1, 0.15) is 37.7 Å². The number of fused-ring (bicyclic) bond motifs is 1. The molecule has 3 aromatic heterocycles. The van der Waals surface area contributed by atoms with E-state index < -0.39 is 6.29 Å². The maximum atomic E-state index is 13.0. The number of hydrogen-bond donors (Lipinski definition) is 3. The standard InChI is InChI=1S/C21H23N7O3S2/c1-11-9-22-21-27(19(11)31)13(10-33-21)7-18(30)24-16-8-14(15-4-3-5-32-15)26-28(16)20-23-12(2)6-17(29)25-20/h3-5,8-9,12-13,20,23H,6-7,10H2,1-2H3,(H,24,30)(H,25,29). The molecule has 1 saturated heterocycles. The van der Waals surface area contributed by atoms with Gasteiger partial charge >= 0.3 is 0 Å². The molecule has 33 heavy (non-hydrogen) atoms. The van der Waals surface area contributed by atoms with Crippen LogP contribution in [0.4, 0.5) is 5.82 Å². The number of thiophene rings is 1. The van der Waals surface area contributed by atoms with Gasteiger partial charge in [0.1, 0.15) is 11.5 Å². The molecule has 1 fully saturated rings. The Balaban J connectivity index is 1.40. The third-order valence-corrected chi connectivity index (χ3v) is 7.58. The van der Waals surface area contributed by atoms with Crippen LogP contribution in [0.3, 0.4) is 0 Å². The van der Waals surface area contributed by atoms with Crippen molar-refractivity contribution in [1.82, 2.24) is 30.0 Å². The molecule has 0 spiro atoms. The van der Waals surface area contributed by atoms with Gasteiger partial charge in [-0.1, -0.05) is 17.8 Å². The molecule has 0 radical (unpaired) electrons. The first kappa shape index (κ1) is 21.9. The van der Waals surface area contributed by atoms with Gasteiger partial charge in [0.2, 0.25) is 11.8 Å². The fourth-order valence-corrected chi connectivity index (χ4v) is 5.79. The first-order chi connectivity index (χ1) is 15.9. The highest BCUT2D eigenvalue weighted by Gasteiger charge is 2.30. The number of nitrogens with zero attached hydrogens (tertiary/aromatic N) is 4. The molecule has 2 aliphatic heterocycles. The summed E-state index contributed by atoms with van der Waals surface area (Å²) in [5.41, 5.74) is 1.14. The van der Waals surface area contributed by atoms with E-state index in [1.165, 1.54) is 11.8 Å². The van der Waals surface area contributed by atoms with Gasteiger partial charge in [0, 0.05) is 42.5 Å². The summed E-state index contributed by atoms with van der Waals surface area (Å²) in [4.78, 5) is 43.0. The average Bonchev–Trinajstić information content (AvgIpc) is 3.50. The van der Waals surface area contributed by atoms with Crippen molar-refractivity contribution in [3.63, 3.8) is 0 Å². The molecule has 0 aromatic carbocycles. The summed E-state index contributed by atoms with van der Waals surface area (Å²) in [7, 11) is 0. The number of aromatic nitrogens is 4. The molecule has 10 nitrogen and oxygen atoms in total. The predicted molar refractivity (Wildman–Crippen MR) is 126 cm³/mol. The van der Waals surface area contributed by atoms with Gasteiger partial charge in [-0.3, -0.25) is 24.3 Å². The molecular formula is C21H23N7O3S2. The minimum Gasteiger partial charge on any atom is -0.322 e. The van der Waals surface area contributed by atoms with Gasteiger partial charge in [0.25, 0.3) is 5.56 Å². The van der Waals surface area contributed by atoms with Crippen molar-refractivity contribution < 1.29 is 9.59 Å². The zero-order chi connectivity index (χ0) is 23.1. The SMILES string of the molecule is Cc1cnc2n(c1=O)C(CC(=O)Nc1cc(-c3cccs3)nn1C1NC(=O)CC(C)N1)CS2. The Morgan fingerprint density at radius 2 is 2.21 bits per heavy atom. The summed E-state index contributed by atoms with van der Waals surface area (Å²) < 4.78 is 3.20. The lowest BCUT2D eigenvalue weighted by molar-refractivity contribution is -0.125. The molecule has 2 amide bonds. The van der Waals surface area contributed by atoms with E-state index in [4.69, 9.17) is 0 Å². The van der Waals surface area contributed by atoms with E-state index in [2.05, 4.69) is 26.0 Å². The van der Waals surface area contributed by atoms with Crippen LogP contribution in [0.25, 0.3) is 10.6 Å². The normalized spacial score (nSPS) is 22.1. The van der Waals surface area contributed by atoms with E-state index >= 15 is 0 Å². The molecule has 5 heterocycles. The number of aryl methyl sites for hydroxylation is 1. The van der Waals surface area contributed by atoms with Crippen molar-refractivity contribution in [2.45, 2.75) is 50.2 Å². The lowest BCUT2D eigenvalue weighted by Crippen LogP contribution is -2.52. The zero-order valence-corrected chi connectivity index (χ0v) is 19.7. The number of carbonyl (C=O) groups is 2. The Labute approximate surface area is 197 Å². The number of rotatable bonds is 5. The number of carbonyl (C=O) groups excluding carboxylic acids is 2. The largest absolute Gasteiger partial charge is 0.322 e. The summed E-state index contributed by atoms with van der Waals surface area (Å²) >= 11 is 3.02. The smallest absolute Gasteiger partial charge is 0.257 e. The predicted octanol–water partition coefficient (Wildman–Crippen LogP) is 2.11. The quantitative estimate of drug-likeness (QED) is 0.473. The fourth-order valence-electron chi connectivity index (χ4n) is 4.00. The van der Waals surface area contributed by atoms with E-state index in [0.717, 1.165) is 4.88 Å². The van der Waals surface area contributed by atoms with Crippen LogP contribution in [-0.2, 0) is 9.59 Å². The summed E-state index contributed by atoms with van der Waals surface area (Å²) in [6, 6.07) is 5.38. The Kier molecular flexibility index (Phi) is 5.81. The van der Waals surface area contributed by atoms with E-state index in [0.29, 0.717) is 34.4 Å². The summed E-state index contributed by atoms with van der Waals surface area (Å²) in [5.74, 6) is 0.752. The highest BCUT2D eigenvalue weighted by atomic mass is 32.2. The van der Waals surface area contributed by atoms with E-state index in [1.54, 1.807) is 39.8 Å². The van der Waals surface area contributed by atoms with Crippen molar-refractivity contribution in [3.05, 3.63) is 45.7 Å². The van der Waals surface area contributed by atoms with Crippen molar-refractivity contribution in [2.75, 3.05) is 11.1 Å². The first-order valence-electron chi connectivity index (χ1n) is 10.6. The molecule has 3 unspecified atom stereocenters. The van der Waals surface area contributed by atoms with Crippen LogP contribution in [0, 0.1) is 6.92 Å². The molecule has 172 valence electrons. The van der Waals surface area contributed by atoms with Crippen molar-refractivity contribution in [3.8, 4) is 10.6 Å². The van der Waals surface area contributed by atoms with Crippen LogP contribution in [0.15, 0.2) is 39.7 Å². The van der Waals surface area contributed by atoms with Gasteiger partial charge in [0.05, 0.1) is 10.9 Å². The third kappa shape index (κ3) is 4.33. The second kappa shape index (κ2) is 8.76. The molecule has 3 aromatic rings. The van der Waals surface area contributed by atoms with Crippen LogP contribution in [0.5, 0.6) is 0 Å². The van der Waals surface area contributed by atoms with Crippen molar-refractivity contribution in [1.29, 1.82) is 0 Å². The molecule has 0 aliphatic carbocycles. The molecule has 2 aliphatic rings. The maximum absolute atomic E-state index is 13.0. The molecule has 0 saturated carbocycles. The minimum atomic E-state index is -0.581. The van der Waals surface area contributed by atoms with E-state index in [-0.39, 0.29) is 35.9 Å². The van der Waals surface area contributed by atoms with Crippen LogP contribution < -0.4 is 21.5 Å². The van der Waals surface area contributed by atoms with Crippen molar-refractivity contribution >= 4 is 40.7 Å². The monoisotopic (exact) mass is 485 g/mol. The number of anilines is 1. The number of hydrogen-bond acceptors (Lipinski definition) is 8. The van der Waals surface area contributed by atoms with Gasteiger partial charge in [-0.2, -0.15) is 5.10 Å². The Morgan fingerprint density at radius 1 is 1.36 bits per heavy atom. The minimum absolute atomic E-state index is 0.0312. The van der Waals surface area contributed by atoms with Gasteiger partial charge in [-0.05, 0) is 25.3 Å². The lowest BCUT2D eigenvalue weighted by atomic mass is 10.2. The second-order valence-corrected chi connectivity index (χ2v) is 10.1. The fraction of sp³-hybridized carbons (Fsp3) is 0.381. The lowest BCUT2D eigenvalue weighted by Gasteiger charge is -2.30. The zero-order valence-electron chi connectivity index (χ0n) is 18.1. The molecule has 0 bridgehead atoms. The summed E-state index contributed by atoms with van der Waals surface area (Å²) in [6.07, 6.45) is 1.49. The van der Waals surface area contributed by atoms with E-state index in [9.17, 15) is 14.4 Å².